The molecule has 34 heavy (non-hydrogen) atoms. The van der Waals surface area contributed by atoms with Gasteiger partial charge in [-0.05, 0) is 87.0 Å². The second-order valence-corrected chi connectivity index (χ2v) is 10.1. The molecule has 3 aromatic carbocycles. The first-order valence-electron chi connectivity index (χ1n) is 10.6. The second-order valence-electron chi connectivity index (χ2n) is 7.83. The first-order valence-corrected chi connectivity index (χ1v) is 12.4. The monoisotopic (exact) mass is 499 g/mol. The van der Waals surface area contributed by atoms with Crippen LogP contribution in [0.1, 0.15) is 25.0 Å². The van der Waals surface area contributed by atoms with E-state index in [1.54, 1.807) is 60.7 Å². The number of sulfonamides is 1. The number of nitrogens with zero attached hydrogens (tertiary/aromatic N) is 2. The maximum atomic E-state index is 13.3. The third-order valence-corrected chi connectivity index (χ3v) is 6.71. The molecule has 7 nitrogen and oxygen atoms in total. The minimum absolute atomic E-state index is 0.0681. The number of hydrogen-bond donors (Lipinski definition) is 1. The van der Waals surface area contributed by atoms with Crippen LogP contribution in [0.4, 0.5) is 5.69 Å². The molecule has 0 heterocycles. The van der Waals surface area contributed by atoms with Crippen molar-refractivity contribution in [3.05, 3.63) is 88.9 Å². The Morgan fingerprint density at radius 1 is 1.03 bits per heavy atom. The lowest BCUT2D eigenvalue weighted by Crippen LogP contribution is -2.39. The Hall–Kier alpha value is -3.36. The maximum Gasteiger partial charge on any atom is 0.264 e. The Balaban J connectivity index is 1.75. The van der Waals surface area contributed by atoms with Crippen LogP contribution in [0.2, 0.25) is 5.02 Å². The lowest BCUT2D eigenvalue weighted by atomic mass is 10.2. The van der Waals surface area contributed by atoms with Gasteiger partial charge in [0, 0.05) is 5.02 Å². The summed E-state index contributed by atoms with van der Waals surface area (Å²) in [6.45, 7) is 5.29. The van der Waals surface area contributed by atoms with Gasteiger partial charge in [-0.1, -0.05) is 29.3 Å². The molecule has 0 fully saturated rings. The van der Waals surface area contributed by atoms with Gasteiger partial charge in [-0.3, -0.25) is 9.10 Å². The number of ether oxygens (including phenoxy) is 1. The van der Waals surface area contributed by atoms with Crippen LogP contribution in [0.3, 0.4) is 0 Å². The zero-order valence-electron chi connectivity index (χ0n) is 19.1. The van der Waals surface area contributed by atoms with Crippen molar-refractivity contribution in [3.63, 3.8) is 0 Å². The van der Waals surface area contributed by atoms with Gasteiger partial charge in [0.25, 0.3) is 15.9 Å². The van der Waals surface area contributed by atoms with Crippen molar-refractivity contribution in [3.8, 4) is 5.75 Å². The number of aryl methyl sites for hydroxylation is 1. The summed E-state index contributed by atoms with van der Waals surface area (Å²) < 4.78 is 33.3. The van der Waals surface area contributed by atoms with Gasteiger partial charge in [0.05, 0.1) is 22.9 Å². The van der Waals surface area contributed by atoms with E-state index in [0.717, 1.165) is 21.2 Å². The number of amides is 1. The Bertz CT molecular complexity index is 1240. The van der Waals surface area contributed by atoms with Gasteiger partial charge >= 0.3 is 0 Å². The molecule has 9 heteroatoms. The van der Waals surface area contributed by atoms with E-state index in [1.165, 1.54) is 18.3 Å². The Morgan fingerprint density at radius 2 is 1.65 bits per heavy atom. The van der Waals surface area contributed by atoms with Crippen molar-refractivity contribution in [1.29, 1.82) is 0 Å². The van der Waals surface area contributed by atoms with Crippen molar-refractivity contribution < 1.29 is 17.9 Å². The van der Waals surface area contributed by atoms with E-state index < -0.39 is 22.5 Å². The van der Waals surface area contributed by atoms with Crippen LogP contribution >= 0.6 is 11.6 Å². The molecule has 178 valence electrons. The molecule has 0 aliphatic carbocycles. The van der Waals surface area contributed by atoms with Gasteiger partial charge in [-0.2, -0.15) is 5.10 Å². The molecular weight excluding hydrogens is 474 g/mol. The minimum atomic E-state index is -4.01. The largest absolute Gasteiger partial charge is 0.491 e. The zero-order chi connectivity index (χ0) is 24.7. The average molecular weight is 500 g/mol. The molecular formula is C25H26ClN3O4S. The highest BCUT2D eigenvalue weighted by molar-refractivity contribution is 7.92. The maximum absolute atomic E-state index is 13.3. The van der Waals surface area contributed by atoms with E-state index in [0.29, 0.717) is 10.7 Å². The molecule has 0 bridgehead atoms. The first kappa shape index (κ1) is 25.3. The Morgan fingerprint density at radius 3 is 2.24 bits per heavy atom. The number of hydrazone groups is 1. The standard InChI is InChI=1S/C25H26ClN3O4S/c1-18(2)33-23-12-6-20(7-13-23)16-27-28-25(30)17-29(22-10-8-21(26)9-11-22)34(31,32)24-14-4-19(3)5-15-24/h4-16,18H,17H2,1-3H3,(H,28,30)/b27-16+. The van der Waals surface area contributed by atoms with Crippen molar-refractivity contribution in [2.75, 3.05) is 10.8 Å². The quantitative estimate of drug-likeness (QED) is 0.339. The molecule has 0 radical (unpaired) electrons. The van der Waals surface area contributed by atoms with Gasteiger partial charge in [0.2, 0.25) is 0 Å². The SMILES string of the molecule is Cc1ccc(S(=O)(=O)N(CC(=O)N/N=C/c2ccc(OC(C)C)cc2)c2ccc(Cl)cc2)cc1. The van der Waals surface area contributed by atoms with E-state index in [-0.39, 0.29) is 11.0 Å². The molecule has 3 rings (SSSR count). The van der Waals surface area contributed by atoms with E-state index in [4.69, 9.17) is 16.3 Å². The van der Waals surface area contributed by atoms with Crippen LogP contribution in [-0.2, 0) is 14.8 Å². The van der Waals surface area contributed by atoms with Crippen LogP contribution < -0.4 is 14.5 Å². The summed E-state index contributed by atoms with van der Waals surface area (Å²) >= 11 is 5.96. The molecule has 0 saturated heterocycles. The highest BCUT2D eigenvalue weighted by Crippen LogP contribution is 2.25. The molecule has 0 aliphatic rings. The number of nitrogens with one attached hydrogen (secondary N) is 1. The van der Waals surface area contributed by atoms with Gasteiger partial charge < -0.3 is 4.74 Å². The number of carbonyl (C=O) groups is 1. The lowest BCUT2D eigenvalue weighted by Gasteiger charge is -2.23. The van der Waals surface area contributed by atoms with Crippen LogP contribution in [0, 0.1) is 6.92 Å². The molecule has 0 aromatic heterocycles. The molecule has 0 saturated carbocycles. The molecule has 0 aliphatic heterocycles. The fraction of sp³-hybridized carbons (Fsp3) is 0.200. The van der Waals surface area contributed by atoms with Gasteiger partial charge in [0.1, 0.15) is 12.3 Å². The molecule has 0 atom stereocenters. The van der Waals surface area contributed by atoms with Crippen molar-refractivity contribution in [2.45, 2.75) is 31.8 Å². The van der Waals surface area contributed by atoms with E-state index >= 15 is 0 Å². The van der Waals surface area contributed by atoms with Crippen molar-refractivity contribution in [2.24, 2.45) is 5.10 Å². The van der Waals surface area contributed by atoms with Gasteiger partial charge in [-0.25, -0.2) is 13.8 Å². The summed E-state index contributed by atoms with van der Waals surface area (Å²) in [5, 5.41) is 4.41. The molecule has 3 aromatic rings. The fourth-order valence-electron chi connectivity index (χ4n) is 3.01. The number of halogens is 1. The van der Waals surface area contributed by atoms with Crippen molar-refractivity contribution in [1.82, 2.24) is 5.43 Å². The number of carbonyl (C=O) groups excluding carboxylic acids is 1. The number of anilines is 1. The molecule has 1 amide bonds. The second kappa shape index (κ2) is 11.2. The van der Waals surface area contributed by atoms with E-state index in [2.05, 4.69) is 10.5 Å². The summed E-state index contributed by atoms with van der Waals surface area (Å²) in [7, 11) is -4.01. The highest BCUT2D eigenvalue weighted by Gasteiger charge is 2.27. The van der Waals surface area contributed by atoms with E-state index in [1.807, 2.05) is 20.8 Å². The summed E-state index contributed by atoms with van der Waals surface area (Å²) in [5.41, 5.74) is 4.37. The number of rotatable bonds is 9. The Kier molecular flexibility index (Phi) is 8.31. The summed E-state index contributed by atoms with van der Waals surface area (Å²) in [6, 6.07) is 19.9. The Labute approximate surface area is 205 Å². The summed E-state index contributed by atoms with van der Waals surface area (Å²) in [5.74, 6) is 0.137. The number of benzene rings is 3. The van der Waals surface area contributed by atoms with Crippen LogP contribution in [0.15, 0.2) is 82.8 Å². The average Bonchev–Trinajstić information content (AvgIpc) is 2.79. The van der Waals surface area contributed by atoms with Crippen LogP contribution in [0.5, 0.6) is 5.75 Å². The molecule has 0 unspecified atom stereocenters. The molecule has 1 N–H and O–H groups in total. The third-order valence-electron chi connectivity index (χ3n) is 4.67. The predicted molar refractivity (Wildman–Crippen MR) is 135 cm³/mol. The van der Waals surface area contributed by atoms with E-state index in [9.17, 15) is 13.2 Å². The zero-order valence-corrected chi connectivity index (χ0v) is 20.7. The van der Waals surface area contributed by atoms with Crippen LogP contribution in [0.25, 0.3) is 0 Å². The van der Waals surface area contributed by atoms with Crippen LogP contribution in [-0.4, -0.2) is 33.2 Å². The molecule has 0 spiro atoms. The van der Waals surface area contributed by atoms with Crippen molar-refractivity contribution >= 4 is 39.4 Å². The lowest BCUT2D eigenvalue weighted by molar-refractivity contribution is -0.119. The predicted octanol–water partition coefficient (Wildman–Crippen LogP) is 4.78. The van der Waals surface area contributed by atoms with Gasteiger partial charge in [0.15, 0.2) is 0 Å². The topological polar surface area (TPSA) is 88.1 Å². The third kappa shape index (κ3) is 6.82. The summed E-state index contributed by atoms with van der Waals surface area (Å²) in [4.78, 5) is 12.7. The normalized spacial score (nSPS) is 11.6. The fourth-order valence-corrected chi connectivity index (χ4v) is 4.56. The minimum Gasteiger partial charge on any atom is -0.491 e. The summed E-state index contributed by atoms with van der Waals surface area (Å²) in [6.07, 6.45) is 1.54. The van der Waals surface area contributed by atoms with Gasteiger partial charge in [-0.15, -0.1) is 0 Å². The first-order chi connectivity index (χ1) is 16.1. The highest BCUT2D eigenvalue weighted by atomic mass is 35.5. The smallest absolute Gasteiger partial charge is 0.264 e. The number of hydrogen-bond acceptors (Lipinski definition) is 5.